The number of rotatable bonds is 3. The Morgan fingerprint density at radius 3 is 1.52 bits per heavy atom. The molecule has 0 aromatic heterocycles. The maximum Gasteiger partial charge on any atom is 0.119 e. The number of hydrogen-bond acceptors (Lipinski definition) is 5. The van der Waals surface area contributed by atoms with Crippen LogP contribution in [0.4, 0.5) is 0 Å². The lowest BCUT2D eigenvalue weighted by atomic mass is 9.80. The van der Waals surface area contributed by atoms with Gasteiger partial charge >= 0.3 is 0 Å². The van der Waals surface area contributed by atoms with Gasteiger partial charge in [-0.25, -0.2) is 0 Å². The topological polar surface area (TPSA) is 107 Å². The van der Waals surface area contributed by atoms with Crippen LogP contribution in [0.15, 0.2) is 18.2 Å². The Morgan fingerprint density at radius 2 is 1.26 bits per heavy atom. The third-order valence-electron chi connectivity index (χ3n) is 3.62. The van der Waals surface area contributed by atoms with Crippen molar-refractivity contribution in [1.82, 2.24) is 0 Å². The number of nitrogens with two attached hydrogens (primary N) is 1. The minimum atomic E-state index is -1.21. The van der Waals surface area contributed by atoms with Gasteiger partial charge in [0.2, 0.25) is 0 Å². The summed E-state index contributed by atoms with van der Waals surface area (Å²) in [5.74, 6) is 0.399. The van der Waals surface area contributed by atoms with E-state index in [0.29, 0.717) is 5.75 Å². The second-order valence-electron chi connectivity index (χ2n) is 8.07. The van der Waals surface area contributed by atoms with Gasteiger partial charge < -0.3 is 26.2 Å². The first kappa shape index (κ1) is 21.9. The molecule has 1 aromatic carbocycles. The van der Waals surface area contributed by atoms with E-state index in [1.807, 2.05) is 6.07 Å². The van der Waals surface area contributed by atoms with E-state index in [1.54, 1.807) is 6.07 Å². The summed E-state index contributed by atoms with van der Waals surface area (Å²) in [6.07, 6.45) is 0. The van der Waals surface area contributed by atoms with Crippen molar-refractivity contribution in [3.63, 3.8) is 0 Å². The number of benzene rings is 1. The summed E-state index contributed by atoms with van der Waals surface area (Å²) in [5, 5.41) is 34.9. The quantitative estimate of drug-likeness (QED) is 0.580. The number of phenolic OH excluding ortho intramolecular Hbond substituents is 1. The molecular weight excluding hydrogens is 294 g/mol. The Bertz CT molecular complexity index is 475. The molecule has 0 fully saturated rings. The molecule has 0 radical (unpaired) electrons. The van der Waals surface area contributed by atoms with E-state index in [4.69, 9.17) is 21.1 Å². The van der Waals surface area contributed by atoms with Gasteiger partial charge in [0.05, 0.1) is 25.4 Å². The molecule has 1 rings (SSSR count). The molecule has 1 aromatic rings. The van der Waals surface area contributed by atoms with Crippen molar-refractivity contribution in [2.75, 3.05) is 19.8 Å². The average Bonchev–Trinajstić information content (AvgIpc) is 2.45. The van der Waals surface area contributed by atoms with Gasteiger partial charge in [0, 0.05) is 0 Å². The number of aliphatic hydroxyl groups excluding tert-OH is 3. The van der Waals surface area contributed by atoms with E-state index in [0.717, 1.165) is 5.56 Å². The van der Waals surface area contributed by atoms with Crippen molar-refractivity contribution in [2.45, 2.75) is 57.9 Å². The molecule has 0 atom stereocenters. The minimum absolute atomic E-state index is 0.00859. The molecule has 5 heteroatoms. The molecular formula is C18H33NO4. The van der Waals surface area contributed by atoms with Crippen molar-refractivity contribution in [3.05, 3.63) is 29.3 Å². The van der Waals surface area contributed by atoms with Crippen molar-refractivity contribution in [1.29, 1.82) is 0 Å². The first-order valence-electron chi connectivity index (χ1n) is 7.76. The van der Waals surface area contributed by atoms with Gasteiger partial charge in [0.1, 0.15) is 5.75 Å². The zero-order valence-corrected chi connectivity index (χ0v) is 15.2. The van der Waals surface area contributed by atoms with Gasteiger partial charge in [0.25, 0.3) is 0 Å². The second-order valence-corrected chi connectivity index (χ2v) is 8.07. The largest absolute Gasteiger partial charge is 0.508 e. The third-order valence-corrected chi connectivity index (χ3v) is 3.62. The molecule has 5 nitrogen and oxygen atoms in total. The van der Waals surface area contributed by atoms with Crippen LogP contribution in [0.2, 0.25) is 0 Å². The van der Waals surface area contributed by atoms with Crippen LogP contribution in [0.3, 0.4) is 0 Å². The summed E-state index contributed by atoms with van der Waals surface area (Å²) in [7, 11) is 0. The second kappa shape index (κ2) is 8.11. The molecule has 0 aliphatic rings. The van der Waals surface area contributed by atoms with Gasteiger partial charge in [-0.2, -0.15) is 0 Å². The van der Waals surface area contributed by atoms with Crippen LogP contribution in [-0.4, -0.2) is 45.8 Å². The van der Waals surface area contributed by atoms with E-state index < -0.39 is 25.4 Å². The molecule has 0 aliphatic carbocycles. The van der Waals surface area contributed by atoms with E-state index in [-0.39, 0.29) is 10.8 Å². The predicted molar refractivity (Wildman–Crippen MR) is 93.7 cm³/mol. The Kier molecular flexibility index (Phi) is 7.70. The highest BCUT2D eigenvalue weighted by Gasteiger charge is 2.22. The lowest BCUT2D eigenvalue weighted by molar-refractivity contribution is 0.0698. The zero-order chi connectivity index (χ0) is 18.5. The monoisotopic (exact) mass is 327 g/mol. The van der Waals surface area contributed by atoms with Gasteiger partial charge in [0.15, 0.2) is 0 Å². The molecule has 0 bridgehead atoms. The summed E-state index contributed by atoms with van der Waals surface area (Å²) in [6.45, 7) is 11.7. The van der Waals surface area contributed by atoms with Crippen LogP contribution in [0.1, 0.15) is 52.7 Å². The highest BCUT2D eigenvalue weighted by molar-refractivity contribution is 5.42. The van der Waals surface area contributed by atoms with Crippen molar-refractivity contribution in [2.24, 2.45) is 5.73 Å². The maximum atomic E-state index is 9.84. The minimum Gasteiger partial charge on any atom is -0.508 e. The molecule has 0 aliphatic heterocycles. The number of hydrogen-bond donors (Lipinski definition) is 5. The van der Waals surface area contributed by atoms with Crippen LogP contribution in [0, 0.1) is 0 Å². The molecule has 6 N–H and O–H groups in total. The SMILES string of the molecule is CC(C)(C)c1ccc(O)c(C(C)(C)C)c1.NC(CO)(CO)CO. The number of phenols is 1. The summed E-state index contributed by atoms with van der Waals surface area (Å²) in [4.78, 5) is 0. The summed E-state index contributed by atoms with van der Waals surface area (Å²) >= 11 is 0. The number of aromatic hydroxyl groups is 1. The van der Waals surface area contributed by atoms with Crippen LogP contribution >= 0.6 is 0 Å². The van der Waals surface area contributed by atoms with Crippen LogP contribution in [-0.2, 0) is 10.8 Å². The van der Waals surface area contributed by atoms with Gasteiger partial charge in [-0.1, -0.05) is 53.7 Å². The number of aliphatic hydroxyl groups is 3. The molecule has 0 unspecified atom stereocenters. The van der Waals surface area contributed by atoms with Crippen molar-refractivity contribution >= 4 is 0 Å². The highest BCUT2D eigenvalue weighted by atomic mass is 16.3. The molecule has 23 heavy (non-hydrogen) atoms. The van der Waals surface area contributed by atoms with Gasteiger partial charge in [-0.3, -0.25) is 0 Å². The Balaban J connectivity index is 0.000000515. The van der Waals surface area contributed by atoms with Gasteiger partial charge in [-0.05, 0) is 28.0 Å². The van der Waals surface area contributed by atoms with E-state index in [9.17, 15) is 5.11 Å². The van der Waals surface area contributed by atoms with Crippen LogP contribution < -0.4 is 5.73 Å². The Morgan fingerprint density at radius 1 is 0.826 bits per heavy atom. The fourth-order valence-corrected chi connectivity index (χ4v) is 1.75. The fraction of sp³-hybridized carbons (Fsp3) is 0.667. The summed E-state index contributed by atoms with van der Waals surface area (Å²) in [6, 6.07) is 5.93. The molecule has 134 valence electrons. The Labute approximate surface area is 139 Å². The smallest absolute Gasteiger partial charge is 0.119 e. The fourth-order valence-electron chi connectivity index (χ4n) is 1.75. The van der Waals surface area contributed by atoms with Gasteiger partial charge in [-0.15, -0.1) is 0 Å². The molecule has 0 amide bonds. The third kappa shape index (κ3) is 6.87. The average molecular weight is 327 g/mol. The Hall–Kier alpha value is -1.14. The van der Waals surface area contributed by atoms with E-state index >= 15 is 0 Å². The molecule has 0 heterocycles. The van der Waals surface area contributed by atoms with Crippen LogP contribution in [0.25, 0.3) is 0 Å². The summed E-state index contributed by atoms with van der Waals surface area (Å²) < 4.78 is 0. The first-order valence-corrected chi connectivity index (χ1v) is 7.76. The van der Waals surface area contributed by atoms with Crippen molar-refractivity contribution < 1.29 is 20.4 Å². The van der Waals surface area contributed by atoms with Crippen LogP contribution in [0.5, 0.6) is 5.75 Å². The normalized spacial score (nSPS) is 12.6. The maximum absolute atomic E-state index is 9.84. The molecule has 0 spiro atoms. The highest BCUT2D eigenvalue weighted by Crippen LogP contribution is 2.34. The predicted octanol–water partition coefficient (Wildman–Crippen LogP) is 1.65. The first-order chi connectivity index (χ1) is 10.3. The lowest BCUT2D eigenvalue weighted by Crippen LogP contribution is -2.50. The zero-order valence-electron chi connectivity index (χ0n) is 15.2. The lowest BCUT2D eigenvalue weighted by Gasteiger charge is -2.25. The van der Waals surface area contributed by atoms with E-state index in [2.05, 4.69) is 47.6 Å². The summed E-state index contributed by atoms with van der Waals surface area (Å²) in [5.41, 5.74) is 6.35. The van der Waals surface area contributed by atoms with E-state index in [1.165, 1.54) is 5.56 Å². The van der Waals surface area contributed by atoms with Crippen molar-refractivity contribution in [3.8, 4) is 5.75 Å². The molecule has 0 saturated heterocycles. The molecule has 0 saturated carbocycles. The standard InChI is InChI=1S/C14H22O.C4H11NO3/c1-13(2,3)10-7-8-12(15)11(9-10)14(4,5)6;5-4(1-6,2-7)3-8/h7-9,15H,1-6H3;6-8H,1-3,5H2.